The van der Waals surface area contributed by atoms with E-state index in [1.165, 1.54) is 0 Å². The molecule has 30 heavy (non-hydrogen) atoms. The van der Waals surface area contributed by atoms with Crippen LogP contribution in [0.4, 0.5) is 5.69 Å². The molecular formula is C19H14Cl2N4O4S. The molecule has 2 aromatic carbocycles. The number of nitrogens with one attached hydrogen (secondary N) is 3. The average Bonchev–Trinajstić information content (AvgIpc) is 3.17. The topological polar surface area (TPSA) is 105 Å². The van der Waals surface area contributed by atoms with E-state index >= 15 is 0 Å². The van der Waals surface area contributed by atoms with Gasteiger partial charge in [-0.3, -0.25) is 15.6 Å². The van der Waals surface area contributed by atoms with Crippen molar-refractivity contribution in [3.8, 4) is 11.3 Å². The summed E-state index contributed by atoms with van der Waals surface area (Å²) in [6.07, 6.45) is 0. The molecule has 0 saturated carbocycles. The SMILES string of the molecule is COC(=O)c1c(-c2c(Cl)cccc2Cl)noc1C(=O)NNC(=S)Nc1ccccc1. The predicted octanol–water partition coefficient (Wildman–Crippen LogP) is 4.07. The van der Waals surface area contributed by atoms with Crippen LogP contribution in [0, 0.1) is 0 Å². The fourth-order valence-electron chi connectivity index (χ4n) is 2.49. The minimum Gasteiger partial charge on any atom is -0.465 e. The smallest absolute Gasteiger partial charge is 0.344 e. The van der Waals surface area contributed by atoms with Gasteiger partial charge in [-0.2, -0.15) is 0 Å². The van der Waals surface area contributed by atoms with E-state index in [-0.39, 0.29) is 32.0 Å². The number of methoxy groups -OCH3 is 1. The number of carbonyl (C=O) groups excluding carboxylic acids is 2. The number of ether oxygens (including phenoxy) is 1. The summed E-state index contributed by atoms with van der Waals surface area (Å²) in [6.45, 7) is 0. The Morgan fingerprint density at radius 1 is 1.03 bits per heavy atom. The molecule has 1 heterocycles. The molecule has 1 amide bonds. The Kier molecular flexibility index (Phi) is 6.88. The molecule has 3 aromatic rings. The number of aromatic nitrogens is 1. The number of thiocarbonyl (C=S) groups is 1. The molecular weight excluding hydrogens is 451 g/mol. The molecule has 0 bridgehead atoms. The molecule has 0 spiro atoms. The molecule has 0 saturated heterocycles. The summed E-state index contributed by atoms with van der Waals surface area (Å²) in [5.41, 5.74) is 5.55. The van der Waals surface area contributed by atoms with Crippen LogP contribution >= 0.6 is 35.4 Å². The van der Waals surface area contributed by atoms with Crippen molar-refractivity contribution in [3.63, 3.8) is 0 Å². The van der Waals surface area contributed by atoms with Gasteiger partial charge in [-0.1, -0.05) is 52.6 Å². The van der Waals surface area contributed by atoms with Gasteiger partial charge in [-0.25, -0.2) is 4.79 Å². The largest absolute Gasteiger partial charge is 0.465 e. The molecule has 0 unspecified atom stereocenters. The van der Waals surface area contributed by atoms with Gasteiger partial charge in [0, 0.05) is 11.3 Å². The number of nitrogens with zero attached hydrogens (tertiary/aromatic N) is 1. The van der Waals surface area contributed by atoms with Crippen LogP contribution in [0.3, 0.4) is 0 Å². The summed E-state index contributed by atoms with van der Waals surface area (Å²) >= 11 is 17.5. The zero-order valence-corrected chi connectivity index (χ0v) is 17.7. The summed E-state index contributed by atoms with van der Waals surface area (Å²) < 4.78 is 9.88. The van der Waals surface area contributed by atoms with Crippen LogP contribution in [0.15, 0.2) is 53.1 Å². The van der Waals surface area contributed by atoms with Crippen LogP contribution in [0.1, 0.15) is 20.9 Å². The van der Waals surface area contributed by atoms with Gasteiger partial charge in [-0.15, -0.1) is 0 Å². The van der Waals surface area contributed by atoms with Gasteiger partial charge in [0.15, 0.2) is 5.11 Å². The van der Waals surface area contributed by atoms with Crippen LogP contribution in [0.2, 0.25) is 10.0 Å². The van der Waals surface area contributed by atoms with Crippen molar-refractivity contribution in [2.75, 3.05) is 12.4 Å². The number of hydrogen-bond donors (Lipinski definition) is 3. The van der Waals surface area contributed by atoms with Crippen LogP contribution in [-0.4, -0.2) is 29.3 Å². The maximum Gasteiger partial charge on any atom is 0.344 e. The first-order valence-electron chi connectivity index (χ1n) is 8.37. The van der Waals surface area contributed by atoms with Gasteiger partial charge in [0.2, 0.25) is 5.76 Å². The highest BCUT2D eigenvalue weighted by atomic mass is 35.5. The molecule has 1 aromatic heterocycles. The number of rotatable bonds is 4. The van der Waals surface area contributed by atoms with Crippen LogP contribution in [-0.2, 0) is 4.74 Å². The number of carbonyl (C=O) groups is 2. The van der Waals surface area contributed by atoms with Crippen molar-refractivity contribution in [2.24, 2.45) is 0 Å². The van der Waals surface area contributed by atoms with Crippen LogP contribution in [0.5, 0.6) is 0 Å². The number of para-hydroxylation sites is 1. The standard InChI is InChI=1S/C19H14Cl2N4O4S/c1-28-18(27)14-15(13-11(20)8-5-9-12(13)21)25-29-16(14)17(26)23-24-19(30)22-10-6-3-2-4-7-10/h2-9H,1H3,(H,23,26)(H2,22,24,30). The molecule has 154 valence electrons. The normalized spacial score (nSPS) is 10.2. The monoisotopic (exact) mass is 464 g/mol. The van der Waals surface area contributed by atoms with Gasteiger partial charge in [0.05, 0.1) is 17.2 Å². The zero-order chi connectivity index (χ0) is 21.7. The highest BCUT2D eigenvalue weighted by molar-refractivity contribution is 7.80. The summed E-state index contributed by atoms with van der Waals surface area (Å²) in [5, 5.41) is 7.24. The van der Waals surface area contributed by atoms with E-state index in [1.54, 1.807) is 30.3 Å². The zero-order valence-electron chi connectivity index (χ0n) is 15.4. The number of anilines is 1. The van der Waals surface area contributed by atoms with Crippen molar-refractivity contribution >= 4 is 58.1 Å². The quantitative estimate of drug-likeness (QED) is 0.301. The second kappa shape index (κ2) is 9.57. The Morgan fingerprint density at radius 3 is 2.33 bits per heavy atom. The second-order valence-electron chi connectivity index (χ2n) is 5.72. The van der Waals surface area contributed by atoms with E-state index in [4.69, 9.17) is 44.7 Å². The maximum atomic E-state index is 12.6. The lowest BCUT2D eigenvalue weighted by atomic mass is 10.1. The first-order valence-corrected chi connectivity index (χ1v) is 9.53. The Bertz CT molecular complexity index is 1080. The minimum absolute atomic E-state index is 0.0208. The highest BCUT2D eigenvalue weighted by Crippen LogP contribution is 2.37. The second-order valence-corrected chi connectivity index (χ2v) is 6.95. The van der Waals surface area contributed by atoms with Crippen LogP contribution in [0.25, 0.3) is 11.3 Å². The number of hydrogen-bond acceptors (Lipinski definition) is 6. The summed E-state index contributed by atoms with van der Waals surface area (Å²) in [4.78, 5) is 24.9. The summed E-state index contributed by atoms with van der Waals surface area (Å²) in [6, 6.07) is 13.8. The first kappa shape index (κ1) is 21.6. The van der Waals surface area contributed by atoms with E-state index in [2.05, 4.69) is 21.3 Å². The van der Waals surface area contributed by atoms with Crippen molar-refractivity contribution in [1.29, 1.82) is 0 Å². The molecule has 0 radical (unpaired) electrons. The van der Waals surface area contributed by atoms with Gasteiger partial charge in [0.1, 0.15) is 11.3 Å². The molecule has 0 fully saturated rings. The molecule has 0 aliphatic heterocycles. The Balaban J connectivity index is 1.83. The number of amides is 1. The maximum absolute atomic E-state index is 12.6. The Hall–Kier alpha value is -3.14. The first-order chi connectivity index (χ1) is 14.4. The predicted molar refractivity (Wildman–Crippen MR) is 117 cm³/mol. The molecule has 0 aliphatic rings. The molecule has 3 rings (SSSR count). The number of esters is 1. The lowest BCUT2D eigenvalue weighted by Crippen LogP contribution is -2.44. The number of benzene rings is 2. The van der Waals surface area contributed by atoms with Gasteiger partial charge in [-0.05, 0) is 36.5 Å². The molecule has 8 nitrogen and oxygen atoms in total. The van der Waals surface area contributed by atoms with E-state index in [0.29, 0.717) is 0 Å². The third-order valence-electron chi connectivity index (χ3n) is 3.81. The lowest BCUT2D eigenvalue weighted by Gasteiger charge is -2.11. The molecule has 0 atom stereocenters. The molecule has 11 heteroatoms. The third-order valence-corrected chi connectivity index (χ3v) is 4.64. The van der Waals surface area contributed by atoms with E-state index in [9.17, 15) is 9.59 Å². The summed E-state index contributed by atoms with van der Waals surface area (Å²) in [5.74, 6) is -2.06. The van der Waals surface area contributed by atoms with E-state index < -0.39 is 17.6 Å². The van der Waals surface area contributed by atoms with Gasteiger partial charge < -0.3 is 14.6 Å². The van der Waals surface area contributed by atoms with Crippen molar-refractivity contribution in [1.82, 2.24) is 16.0 Å². The fraction of sp³-hybridized carbons (Fsp3) is 0.0526. The number of hydrazine groups is 1. The van der Waals surface area contributed by atoms with Gasteiger partial charge >= 0.3 is 11.9 Å². The van der Waals surface area contributed by atoms with Crippen molar-refractivity contribution < 1.29 is 18.8 Å². The van der Waals surface area contributed by atoms with E-state index in [1.807, 2.05) is 18.2 Å². The molecule has 3 N–H and O–H groups in total. The lowest BCUT2D eigenvalue weighted by molar-refractivity contribution is 0.0594. The van der Waals surface area contributed by atoms with E-state index in [0.717, 1.165) is 12.8 Å². The fourth-order valence-corrected chi connectivity index (χ4v) is 3.23. The Labute approximate surface area is 186 Å². The Morgan fingerprint density at radius 2 is 1.70 bits per heavy atom. The number of halogens is 2. The van der Waals surface area contributed by atoms with Crippen molar-refractivity contribution in [3.05, 3.63) is 69.9 Å². The highest BCUT2D eigenvalue weighted by Gasteiger charge is 2.31. The molecule has 0 aliphatic carbocycles. The third kappa shape index (κ3) is 4.70. The minimum atomic E-state index is -0.850. The average molecular weight is 465 g/mol. The van der Waals surface area contributed by atoms with Crippen molar-refractivity contribution in [2.45, 2.75) is 0 Å². The van der Waals surface area contributed by atoms with Crippen LogP contribution < -0.4 is 16.2 Å². The van der Waals surface area contributed by atoms with Gasteiger partial charge in [0.25, 0.3) is 0 Å². The summed E-state index contributed by atoms with van der Waals surface area (Å²) in [7, 11) is 1.16.